The molecule has 8 rings (SSSR count). The summed E-state index contributed by atoms with van der Waals surface area (Å²) in [4.78, 5) is 37.3. The molecule has 33 heavy (non-hydrogen) atoms. The molecule has 3 aromatic heterocycles. The Labute approximate surface area is 187 Å². The monoisotopic (exact) mass is 432 g/mol. The van der Waals surface area contributed by atoms with Gasteiger partial charge in [0, 0.05) is 32.3 Å². The van der Waals surface area contributed by atoms with Gasteiger partial charge in [0.15, 0.2) is 0 Å². The zero-order valence-corrected chi connectivity index (χ0v) is 18.0. The number of pyridine rings is 2. The van der Waals surface area contributed by atoms with E-state index in [0.29, 0.717) is 23.0 Å². The van der Waals surface area contributed by atoms with Crippen LogP contribution in [0.2, 0.25) is 0 Å². The van der Waals surface area contributed by atoms with Crippen molar-refractivity contribution in [3.8, 4) is 0 Å². The zero-order valence-electron chi connectivity index (χ0n) is 18.0. The van der Waals surface area contributed by atoms with E-state index in [-0.39, 0.29) is 16.7 Å². The second-order valence-electron chi connectivity index (χ2n) is 9.70. The van der Waals surface area contributed by atoms with E-state index in [4.69, 9.17) is 9.98 Å². The predicted octanol–water partition coefficient (Wildman–Crippen LogP) is 3.92. The highest BCUT2D eigenvalue weighted by Crippen LogP contribution is 2.38. The Morgan fingerprint density at radius 2 is 1.45 bits per heavy atom. The van der Waals surface area contributed by atoms with Crippen LogP contribution in [0, 0.1) is 0 Å². The van der Waals surface area contributed by atoms with Gasteiger partial charge in [-0.15, -0.1) is 0 Å². The van der Waals surface area contributed by atoms with Gasteiger partial charge in [0.05, 0.1) is 23.1 Å². The first-order valence-corrected chi connectivity index (χ1v) is 11.7. The highest BCUT2D eigenvalue weighted by molar-refractivity contribution is 6.25. The third-order valence-electron chi connectivity index (χ3n) is 8.06. The minimum atomic E-state index is -0.188. The highest BCUT2D eigenvalue weighted by Gasteiger charge is 2.39. The maximum Gasteiger partial charge on any atom is 0.264 e. The lowest BCUT2D eigenvalue weighted by Crippen LogP contribution is -2.47. The Hall–Kier alpha value is -3.80. The van der Waals surface area contributed by atoms with Gasteiger partial charge in [0.1, 0.15) is 11.1 Å². The highest BCUT2D eigenvalue weighted by atomic mass is 16.1. The van der Waals surface area contributed by atoms with Gasteiger partial charge in [-0.1, -0.05) is 31.4 Å². The fourth-order valence-corrected chi connectivity index (χ4v) is 6.57. The molecule has 2 aliphatic rings. The molecule has 0 amide bonds. The van der Waals surface area contributed by atoms with Crippen LogP contribution in [0.15, 0.2) is 63.1 Å². The van der Waals surface area contributed by atoms with Gasteiger partial charge in [0.2, 0.25) is 0 Å². The first kappa shape index (κ1) is 17.7. The van der Waals surface area contributed by atoms with E-state index in [1.807, 2.05) is 53.1 Å². The fraction of sp³-hybridized carbons (Fsp3) is 0.259. The van der Waals surface area contributed by atoms with Crippen LogP contribution in [0.4, 0.5) is 0 Å². The van der Waals surface area contributed by atoms with Crippen LogP contribution >= 0.6 is 0 Å². The van der Waals surface area contributed by atoms with Gasteiger partial charge < -0.3 is 0 Å². The summed E-state index contributed by atoms with van der Waals surface area (Å²) in [5.74, 6) is 0. The number of imidazole rings is 1. The molecule has 1 aliphatic heterocycles. The molecule has 1 spiro atoms. The lowest BCUT2D eigenvalue weighted by atomic mass is 9.81. The van der Waals surface area contributed by atoms with E-state index in [9.17, 15) is 9.59 Å². The molecule has 0 bridgehead atoms. The zero-order chi connectivity index (χ0) is 21.9. The third kappa shape index (κ3) is 1.97. The molecule has 0 radical (unpaired) electrons. The maximum absolute atomic E-state index is 13.9. The summed E-state index contributed by atoms with van der Waals surface area (Å²) in [7, 11) is 0. The van der Waals surface area contributed by atoms with Crippen LogP contribution in [-0.4, -0.2) is 20.5 Å². The summed E-state index contributed by atoms with van der Waals surface area (Å²) in [6, 6.07) is 15.5. The van der Waals surface area contributed by atoms with Crippen molar-refractivity contribution in [2.75, 3.05) is 6.54 Å². The minimum absolute atomic E-state index is 0.0240. The molecule has 0 N–H and O–H groups in total. The maximum atomic E-state index is 13.9. The van der Waals surface area contributed by atoms with Crippen LogP contribution in [0.3, 0.4) is 0 Å². The molecular formula is C27H20N4O2. The predicted molar refractivity (Wildman–Crippen MR) is 130 cm³/mol. The molecule has 3 aromatic carbocycles. The SMILES string of the molecule is O=c1c2ccc3c4c(ccc(c5n1C1(CCCCC1)CN=5)c24)c(=O)n1c2ccccc2nc31. The van der Waals surface area contributed by atoms with Crippen molar-refractivity contribution in [3.63, 3.8) is 0 Å². The number of fused-ring (bicyclic) bond motifs is 7. The van der Waals surface area contributed by atoms with Crippen LogP contribution < -0.4 is 16.6 Å². The average molecular weight is 432 g/mol. The van der Waals surface area contributed by atoms with Gasteiger partial charge in [-0.25, -0.2) is 4.98 Å². The van der Waals surface area contributed by atoms with Crippen molar-refractivity contribution in [1.29, 1.82) is 0 Å². The first-order chi connectivity index (χ1) is 16.2. The number of rotatable bonds is 0. The summed E-state index contributed by atoms with van der Waals surface area (Å²) in [5.41, 5.74) is 2.76. The molecule has 1 fully saturated rings. The summed E-state index contributed by atoms with van der Waals surface area (Å²) < 4.78 is 3.70. The Bertz CT molecular complexity index is 1980. The standard InChI is InChI=1S/C27H20N4O2/c32-25-17-10-8-15-21-18(26(33)31-23(15)28-14-27(31)12-4-1-5-13-27)11-9-16(22(17)21)24-29-19-6-2-3-7-20(19)30(24)25/h2-3,6-11H,1,4-5,12-14H2. The van der Waals surface area contributed by atoms with Gasteiger partial charge in [-0.2, -0.15) is 0 Å². The topological polar surface area (TPSA) is 68.7 Å². The molecule has 0 unspecified atom stereocenters. The molecule has 6 nitrogen and oxygen atoms in total. The number of para-hydroxylation sites is 2. The molecule has 4 heterocycles. The molecule has 160 valence electrons. The van der Waals surface area contributed by atoms with Crippen LogP contribution in [0.5, 0.6) is 0 Å². The quantitative estimate of drug-likeness (QED) is 0.342. The van der Waals surface area contributed by atoms with E-state index in [2.05, 4.69) is 0 Å². The Kier molecular flexibility index (Phi) is 3.09. The minimum Gasteiger partial charge on any atom is -0.284 e. The first-order valence-electron chi connectivity index (χ1n) is 11.7. The number of hydrogen-bond acceptors (Lipinski definition) is 4. The lowest BCUT2D eigenvalue weighted by Gasteiger charge is -2.34. The Morgan fingerprint density at radius 1 is 0.758 bits per heavy atom. The Balaban J connectivity index is 1.61. The number of hydrogen-bond donors (Lipinski definition) is 0. The van der Waals surface area contributed by atoms with Crippen molar-refractivity contribution in [2.24, 2.45) is 4.99 Å². The van der Waals surface area contributed by atoms with Crippen molar-refractivity contribution in [3.05, 3.63) is 74.7 Å². The summed E-state index contributed by atoms with van der Waals surface area (Å²) >= 11 is 0. The van der Waals surface area contributed by atoms with E-state index >= 15 is 0 Å². The fourth-order valence-electron chi connectivity index (χ4n) is 6.57. The van der Waals surface area contributed by atoms with Crippen LogP contribution in [0.1, 0.15) is 32.1 Å². The van der Waals surface area contributed by atoms with Crippen molar-refractivity contribution in [2.45, 2.75) is 37.6 Å². The van der Waals surface area contributed by atoms with Gasteiger partial charge in [-0.3, -0.25) is 23.5 Å². The largest absolute Gasteiger partial charge is 0.284 e. The van der Waals surface area contributed by atoms with Crippen molar-refractivity contribution >= 4 is 49.0 Å². The molecule has 6 aromatic rings. The van der Waals surface area contributed by atoms with Crippen molar-refractivity contribution in [1.82, 2.24) is 14.0 Å². The van der Waals surface area contributed by atoms with E-state index in [0.717, 1.165) is 63.7 Å². The molecule has 1 aliphatic carbocycles. The van der Waals surface area contributed by atoms with E-state index < -0.39 is 0 Å². The summed E-state index contributed by atoms with van der Waals surface area (Å²) in [6.07, 6.45) is 5.50. The second-order valence-corrected chi connectivity index (χ2v) is 9.70. The van der Waals surface area contributed by atoms with E-state index in [1.165, 1.54) is 6.42 Å². The summed E-state index contributed by atoms with van der Waals surface area (Å²) in [6.45, 7) is 0.674. The van der Waals surface area contributed by atoms with Gasteiger partial charge in [-0.05, 0) is 49.2 Å². The molecule has 6 heteroatoms. The third-order valence-corrected chi connectivity index (χ3v) is 8.06. The smallest absolute Gasteiger partial charge is 0.264 e. The second kappa shape index (κ2) is 5.76. The van der Waals surface area contributed by atoms with E-state index in [1.54, 1.807) is 4.40 Å². The molecule has 0 saturated heterocycles. The molecule has 0 atom stereocenters. The number of aromatic nitrogens is 3. The van der Waals surface area contributed by atoms with Gasteiger partial charge in [0.25, 0.3) is 11.1 Å². The number of benzene rings is 3. The normalized spacial score (nSPS) is 17.7. The molecular weight excluding hydrogens is 412 g/mol. The molecule has 1 saturated carbocycles. The summed E-state index contributed by atoms with van der Waals surface area (Å²) in [5, 5.41) is 4.84. The number of nitrogens with zero attached hydrogens (tertiary/aromatic N) is 4. The Morgan fingerprint density at radius 3 is 2.30 bits per heavy atom. The van der Waals surface area contributed by atoms with Crippen molar-refractivity contribution < 1.29 is 0 Å². The van der Waals surface area contributed by atoms with Crippen LogP contribution in [0.25, 0.3) is 49.0 Å². The lowest BCUT2D eigenvalue weighted by molar-refractivity contribution is 0.212. The van der Waals surface area contributed by atoms with Crippen LogP contribution in [-0.2, 0) is 5.54 Å². The van der Waals surface area contributed by atoms with Gasteiger partial charge >= 0.3 is 0 Å². The average Bonchev–Trinajstić information content (AvgIpc) is 3.41.